The maximum Gasteiger partial charge on any atom is 0.307 e. The van der Waals surface area contributed by atoms with Crippen LogP contribution in [-0.4, -0.2) is 28.3 Å². The summed E-state index contributed by atoms with van der Waals surface area (Å²) in [5, 5.41) is 13.1. The highest BCUT2D eigenvalue weighted by atomic mass is 16.5. The highest BCUT2D eigenvalue weighted by Gasteiger charge is 2.18. The Bertz CT molecular complexity index is 906. The minimum absolute atomic E-state index is 0.200. The predicted octanol–water partition coefficient (Wildman–Crippen LogP) is 3.26. The lowest BCUT2D eigenvalue weighted by molar-refractivity contribution is -0.136. The summed E-state index contributed by atoms with van der Waals surface area (Å²) in [7, 11) is 1.52. The minimum Gasteiger partial charge on any atom is -0.493 e. The smallest absolute Gasteiger partial charge is 0.307 e. The summed E-state index contributed by atoms with van der Waals surface area (Å²) in [5.41, 5.74) is 2.04. The molecule has 2 aromatic carbocycles. The second-order valence-electron chi connectivity index (χ2n) is 5.64. The number of carbonyl (C=O) groups is 1. The summed E-state index contributed by atoms with van der Waals surface area (Å²) < 4.78 is 16.3. The van der Waals surface area contributed by atoms with Crippen molar-refractivity contribution >= 4 is 5.97 Å². The van der Waals surface area contributed by atoms with Gasteiger partial charge in [-0.2, -0.15) is 4.98 Å². The largest absolute Gasteiger partial charge is 0.493 e. The van der Waals surface area contributed by atoms with Crippen LogP contribution in [0, 0.1) is 6.92 Å². The van der Waals surface area contributed by atoms with Crippen LogP contribution in [0.25, 0.3) is 11.4 Å². The van der Waals surface area contributed by atoms with Crippen LogP contribution in [0.3, 0.4) is 0 Å². The molecule has 1 aromatic heterocycles. The van der Waals surface area contributed by atoms with Gasteiger partial charge in [0, 0.05) is 12.5 Å². The van der Waals surface area contributed by atoms with Gasteiger partial charge in [-0.15, -0.1) is 0 Å². The van der Waals surface area contributed by atoms with Gasteiger partial charge in [0.25, 0.3) is 0 Å². The van der Waals surface area contributed by atoms with Crippen LogP contribution in [0.4, 0.5) is 0 Å². The predicted molar refractivity (Wildman–Crippen MR) is 93.1 cm³/mol. The first-order chi connectivity index (χ1) is 12.6. The lowest BCUT2D eigenvalue weighted by Crippen LogP contribution is -2.05. The summed E-state index contributed by atoms with van der Waals surface area (Å²) in [5.74, 6) is 0.658. The van der Waals surface area contributed by atoms with E-state index in [1.54, 1.807) is 19.1 Å². The molecule has 0 aliphatic heterocycles. The molecule has 0 bridgehead atoms. The number of aryl methyl sites for hydroxylation is 1. The molecule has 1 N–H and O–H groups in total. The van der Waals surface area contributed by atoms with E-state index in [4.69, 9.17) is 14.0 Å². The van der Waals surface area contributed by atoms with Gasteiger partial charge in [0.2, 0.25) is 11.7 Å². The van der Waals surface area contributed by atoms with Crippen molar-refractivity contribution in [3.05, 3.63) is 59.5 Å². The molecule has 26 heavy (non-hydrogen) atoms. The molecular weight excluding hydrogens is 336 g/mol. The molecule has 0 saturated carbocycles. The average molecular weight is 354 g/mol. The van der Waals surface area contributed by atoms with Gasteiger partial charge in [-0.3, -0.25) is 4.79 Å². The standard InChI is InChI=1S/C19H18N2O5/c1-12-20-19(21-26-12)15-10-16(24-2)17(8-14(15)9-18(22)23)25-11-13-6-4-3-5-7-13/h3-8,10H,9,11H2,1-2H3,(H,22,23). The molecule has 0 saturated heterocycles. The molecule has 134 valence electrons. The van der Waals surface area contributed by atoms with Crippen LogP contribution in [0.5, 0.6) is 11.5 Å². The number of methoxy groups -OCH3 is 1. The zero-order chi connectivity index (χ0) is 18.5. The molecule has 3 rings (SSSR count). The Morgan fingerprint density at radius 1 is 1.19 bits per heavy atom. The number of benzene rings is 2. The van der Waals surface area contributed by atoms with Crippen molar-refractivity contribution in [1.29, 1.82) is 0 Å². The number of aliphatic carboxylic acids is 1. The monoisotopic (exact) mass is 354 g/mol. The van der Waals surface area contributed by atoms with Crippen molar-refractivity contribution in [1.82, 2.24) is 10.1 Å². The molecule has 0 atom stereocenters. The fourth-order valence-electron chi connectivity index (χ4n) is 2.54. The number of rotatable bonds is 7. The van der Waals surface area contributed by atoms with Gasteiger partial charge in [0.05, 0.1) is 13.5 Å². The van der Waals surface area contributed by atoms with Gasteiger partial charge in [0.1, 0.15) is 6.61 Å². The number of nitrogens with zero attached hydrogens (tertiary/aromatic N) is 2. The molecule has 3 aromatic rings. The fraction of sp³-hybridized carbons (Fsp3) is 0.211. The first kappa shape index (κ1) is 17.5. The van der Waals surface area contributed by atoms with Gasteiger partial charge >= 0.3 is 5.97 Å². The lowest BCUT2D eigenvalue weighted by Gasteiger charge is -2.14. The van der Waals surface area contributed by atoms with Crippen LogP contribution in [0.2, 0.25) is 0 Å². The molecule has 0 aliphatic carbocycles. The van der Waals surface area contributed by atoms with Crippen molar-refractivity contribution in [2.45, 2.75) is 20.0 Å². The molecular formula is C19H18N2O5. The number of hydrogen-bond donors (Lipinski definition) is 1. The number of carboxylic acids is 1. The second kappa shape index (κ2) is 7.69. The van der Waals surface area contributed by atoms with Crippen molar-refractivity contribution < 1.29 is 23.9 Å². The van der Waals surface area contributed by atoms with Gasteiger partial charge in [-0.1, -0.05) is 35.5 Å². The number of ether oxygens (including phenoxy) is 2. The van der Waals surface area contributed by atoms with E-state index in [0.717, 1.165) is 5.56 Å². The van der Waals surface area contributed by atoms with Crippen LogP contribution in [-0.2, 0) is 17.8 Å². The average Bonchev–Trinajstić information content (AvgIpc) is 3.06. The third-order valence-corrected chi connectivity index (χ3v) is 3.74. The summed E-state index contributed by atoms with van der Waals surface area (Å²) in [6.07, 6.45) is -0.200. The lowest BCUT2D eigenvalue weighted by atomic mass is 10.0. The third kappa shape index (κ3) is 4.00. The molecule has 0 aliphatic rings. The first-order valence-electron chi connectivity index (χ1n) is 7.97. The highest BCUT2D eigenvalue weighted by molar-refractivity contribution is 5.76. The van der Waals surface area contributed by atoms with Crippen LogP contribution in [0.15, 0.2) is 47.0 Å². The number of hydrogen-bond acceptors (Lipinski definition) is 6. The van der Waals surface area contributed by atoms with Crippen molar-refractivity contribution in [3.63, 3.8) is 0 Å². The summed E-state index contributed by atoms with van der Waals surface area (Å²) in [4.78, 5) is 15.4. The first-order valence-corrected chi connectivity index (χ1v) is 7.97. The van der Waals surface area contributed by atoms with Gasteiger partial charge in [-0.25, -0.2) is 0 Å². The molecule has 0 radical (unpaired) electrons. The molecule has 7 nitrogen and oxygen atoms in total. The third-order valence-electron chi connectivity index (χ3n) is 3.74. The Kier molecular flexibility index (Phi) is 5.17. The summed E-state index contributed by atoms with van der Waals surface area (Å²) in [6.45, 7) is 2.01. The van der Waals surface area contributed by atoms with Gasteiger partial charge < -0.3 is 19.1 Å². The molecule has 0 fully saturated rings. The van der Waals surface area contributed by atoms with Crippen molar-refractivity contribution in [2.75, 3.05) is 7.11 Å². The van der Waals surface area contributed by atoms with E-state index in [0.29, 0.717) is 40.9 Å². The van der Waals surface area contributed by atoms with E-state index in [9.17, 15) is 9.90 Å². The second-order valence-corrected chi connectivity index (χ2v) is 5.64. The Labute approximate surface area is 150 Å². The van der Waals surface area contributed by atoms with Gasteiger partial charge in [0.15, 0.2) is 11.5 Å². The van der Waals surface area contributed by atoms with E-state index in [1.165, 1.54) is 7.11 Å². The maximum atomic E-state index is 11.3. The Morgan fingerprint density at radius 2 is 1.96 bits per heavy atom. The Morgan fingerprint density at radius 3 is 2.58 bits per heavy atom. The van der Waals surface area contributed by atoms with E-state index >= 15 is 0 Å². The maximum absolute atomic E-state index is 11.3. The molecule has 1 heterocycles. The molecule has 0 unspecified atom stereocenters. The SMILES string of the molecule is COc1cc(-c2noc(C)n2)c(CC(=O)O)cc1OCc1ccccc1. The van der Waals surface area contributed by atoms with E-state index < -0.39 is 5.97 Å². The van der Waals surface area contributed by atoms with Crippen LogP contribution >= 0.6 is 0 Å². The van der Waals surface area contributed by atoms with Crippen LogP contribution in [0.1, 0.15) is 17.0 Å². The fourth-order valence-corrected chi connectivity index (χ4v) is 2.54. The molecule has 7 heteroatoms. The normalized spacial score (nSPS) is 10.5. The zero-order valence-corrected chi connectivity index (χ0v) is 14.4. The van der Waals surface area contributed by atoms with Crippen LogP contribution < -0.4 is 9.47 Å². The van der Waals surface area contributed by atoms with Crippen molar-refractivity contribution in [3.8, 4) is 22.9 Å². The summed E-state index contributed by atoms with van der Waals surface area (Å²) in [6, 6.07) is 13.0. The van der Waals surface area contributed by atoms with E-state index in [-0.39, 0.29) is 6.42 Å². The molecule has 0 spiro atoms. The van der Waals surface area contributed by atoms with E-state index in [2.05, 4.69) is 10.1 Å². The number of carboxylic acid groups (broad SMARTS) is 1. The number of aromatic nitrogens is 2. The van der Waals surface area contributed by atoms with Crippen molar-refractivity contribution in [2.24, 2.45) is 0 Å². The summed E-state index contributed by atoms with van der Waals surface area (Å²) >= 11 is 0. The Hall–Kier alpha value is -3.35. The van der Waals surface area contributed by atoms with E-state index in [1.807, 2.05) is 30.3 Å². The quantitative estimate of drug-likeness (QED) is 0.696. The topological polar surface area (TPSA) is 94.7 Å². The minimum atomic E-state index is -0.967. The Balaban J connectivity index is 1.97. The molecule has 0 amide bonds. The zero-order valence-electron chi connectivity index (χ0n) is 14.4. The van der Waals surface area contributed by atoms with Gasteiger partial charge in [-0.05, 0) is 23.3 Å². The highest BCUT2D eigenvalue weighted by Crippen LogP contribution is 2.35.